The van der Waals surface area contributed by atoms with Crippen LogP contribution >= 0.6 is 12.4 Å². The highest BCUT2D eigenvalue weighted by Crippen LogP contribution is 2.26. The van der Waals surface area contributed by atoms with Gasteiger partial charge in [0.1, 0.15) is 6.61 Å². The number of halogens is 1. The molecular weight excluding hydrogens is 252 g/mol. The Hall–Kier alpha value is -0.580. The van der Waals surface area contributed by atoms with Gasteiger partial charge in [-0.2, -0.15) is 0 Å². The van der Waals surface area contributed by atoms with E-state index < -0.39 is 0 Å². The van der Waals surface area contributed by atoms with Crippen LogP contribution in [0.15, 0.2) is 12.7 Å². The van der Waals surface area contributed by atoms with Crippen molar-refractivity contribution < 1.29 is 9.53 Å². The SMILES string of the molecule is C=CCOCC(=O)N1CC[C@@H]2CNC[C@@H]2CC1.Cl. The number of likely N-dealkylation sites (tertiary alicyclic amines) is 1. The fourth-order valence-electron chi connectivity index (χ4n) is 2.79. The Morgan fingerprint density at radius 3 is 2.50 bits per heavy atom. The van der Waals surface area contributed by atoms with Gasteiger partial charge in [-0.15, -0.1) is 19.0 Å². The van der Waals surface area contributed by atoms with Crippen molar-refractivity contribution in [2.45, 2.75) is 12.8 Å². The van der Waals surface area contributed by atoms with E-state index in [0.717, 1.165) is 50.9 Å². The first-order chi connectivity index (χ1) is 8.31. The molecule has 2 aliphatic rings. The molecule has 0 bridgehead atoms. The van der Waals surface area contributed by atoms with Gasteiger partial charge in [0.05, 0.1) is 6.61 Å². The smallest absolute Gasteiger partial charge is 0.248 e. The molecule has 0 unspecified atom stereocenters. The van der Waals surface area contributed by atoms with Crippen molar-refractivity contribution in [3.8, 4) is 0 Å². The number of carbonyl (C=O) groups excluding carboxylic acids is 1. The minimum Gasteiger partial charge on any atom is -0.368 e. The average molecular weight is 275 g/mol. The molecule has 2 fully saturated rings. The predicted molar refractivity (Wildman–Crippen MR) is 73.9 cm³/mol. The van der Waals surface area contributed by atoms with Crippen LogP contribution in [0.3, 0.4) is 0 Å². The molecule has 0 radical (unpaired) electrons. The second kappa shape index (κ2) is 7.77. The number of rotatable bonds is 4. The third-order valence-electron chi connectivity index (χ3n) is 3.83. The largest absolute Gasteiger partial charge is 0.368 e. The molecule has 5 heteroatoms. The third-order valence-corrected chi connectivity index (χ3v) is 3.83. The van der Waals surface area contributed by atoms with E-state index in [-0.39, 0.29) is 24.9 Å². The van der Waals surface area contributed by atoms with Gasteiger partial charge >= 0.3 is 0 Å². The average Bonchev–Trinajstić information content (AvgIpc) is 2.68. The molecule has 0 aliphatic carbocycles. The van der Waals surface area contributed by atoms with Crippen molar-refractivity contribution in [1.82, 2.24) is 10.2 Å². The number of nitrogens with zero attached hydrogens (tertiary/aromatic N) is 1. The van der Waals surface area contributed by atoms with E-state index in [0.29, 0.717) is 6.61 Å². The Balaban J connectivity index is 0.00000162. The minimum atomic E-state index is 0. The fraction of sp³-hybridized carbons (Fsp3) is 0.769. The zero-order valence-corrected chi connectivity index (χ0v) is 11.6. The Bertz CT molecular complexity index is 272. The van der Waals surface area contributed by atoms with Gasteiger partial charge in [-0.25, -0.2) is 0 Å². The molecule has 2 atom stereocenters. The lowest BCUT2D eigenvalue weighted by atomic mass is 9.92. The van der Waals surface area contributed by atoms with E-state index >= 15 is 0 Å². The molecule has 104 valence electrons. The van der Waals surface area contributed by atoms with Crippen LogP contribution in [0.5, 0.6) is 0 Å². The highest BCUT2D eigenvalue weighted by atomic mass is 35.5. The van der Waals surface area contributed by atoms with E-state index in [1.807, 2.05) is 4.90 Å². The summed E-state index contributed by atoms with van der Waals surface area (Å²) in [7, 11) is 0. The van der Waals surface area contributed by atoms with Crippen molar-refractivity contribution in [2.75, 3.05) is 39.4 Å². The van der Waals surface area contributed by atoms with Gasteiger partial charge in [-0.05, 0) is 37.8 Å². The minimum absolute atomic E-state index is 0. The molecule has 2 saturated heterocycles. The van der Waals surface area contributed by atoms with Crippen LogP contribution in [0.1, 0.15) is 12.8 Å². The van der Waals surface area contributed by atoms with E-state index in [9.17, 15) is 4.79 Å². The fourth-order valence-corrected chi connectivity index (χ4v) is 2.79. The van der Waals surface area contributed by atoms with Crippen LogP contribution in [-0.2, 0) is 9.53 Å². The molecule has 2 rings (SSSR count). The number of carbonyl (C=O) groups is 1. The summed E-state index contributed by atoms with van der Waals surface area (Å²) in [6, 6.07) is 0. The molecule has 18 heavy (non-hydrogen) atoms. The van der Waals surface area contributed by atoms with Crippen molar-refractivity contribution >= 4 is 18.3 Å². The van der Waals surface area contributed by atoms with Crippen LogP contribution in [0.2, 0.25) is 0 Å². The second-order valence-corrected chi connectivity index (χ2v) is 4.94. The number of nitrogens with one attached hydrogen (secondary N) is 1. The molecule has 0 aromatic rings. The first-order valence-corrected chi connectivity index (χ1v) is 6.48. The normalized spacial score (nSPS) is 27.0. The molecule has 0 aromatic heterocycles. The van der Waals surface area contributed by atoms with Gasteiger partial charge in [0.15, 0.2) is 0 Å². The van der Waals surface area contributed by atoms with Gasteiger partial charge < -0.3 is 15.0 Å². The maximum Gasteiger partial charge on any atom is 0.248 e. The number of fused-ring (bicyclic) bond motifs is 1. The van der Waals surface area contributed by atoms with Crippen molar-refractivity contribution in [1.29, 1.82) is 0 Å². The molecule has 4 nitrogen and oxygen atoms in total. The van der Waals surface area contributed by atoms with Gasteiger partial charge in [0, 0.05) is 13.1 Å². The molecule has 0 spiro atoms. The number of amides is 1. The lowest BCUT2D eigenvalue weighted by Crippen LogP contribution is -2.35. The molecule has 0 aromatic carbocycles. The highest BCUT2D eigenvalue weighted by molar-refractivity contribution is 5.85. The zero-order chi connectivity index (χ0) is 12.1. The van der Waals surface area contributed by atoms with Gasteiger partial charge in [-0.1, -0.05) is 6.08 Å². The summed E-state index contributed by atoms with van der Waals surface area (Å²) in [6.45, 7) is 8.24. The Labute approximate surface area is 115 Å². The van der Waals surface area contributed by atoms with Crippen LogP contribution in [0.25, 0.3) is 0 Å². The summed E-state index contributed by atoms with van der Waals surface area (Å²) in [6.07, 6.45) is 3.93. The maximum atomic E-state index is 11.9. The topological polar surface area (TPSA) is 41.6 Å². The Kier molecular flexibility index (Phi) is 6.68. The van der Waals surface area contributed by atoms with E-state index in [4.69, 9.17) is 4.74 Å². The Morgan fingerprint density at radius 1 is 1.33 bits per heavy atom. The van der Waals surface area contributed by atoms with Crippen molar-refractivity contribution in [3.63, 3.8) is 0 Å². The summed E-state index contributed by atoms with van der Waals surface area (Å²) < 4.78 is 5.21. The zero-order valence-electron chi connectivity index (χ0n) is 10.8. The van der Waals surface area contributed by atoms with E-state index in [2.05, 4.69) is 11.9 Å². The van der Waals surface area contributed by atoms with Gasteiger partial charge in [-0.3, -0.25) is 4.79 Å². The standard InChI is InChI=1S/C13H22N2O2.ClH/c1-2-7-17-10-13(16)15-5-3-11-8-14-9-12(11)4-6-15;/h2,11-12,14H,1,3-10H2;1H/t11-,12+;. The summed E-state index contributed by atoms with van der Waals surface area (Å²) in [5.41, 5.74) is 0. The summed E-state index contributed by atoms with van der Waals surface area (Å²) in [5, 5.41) is 3.44. The summed E-state index contributed by atoms with van der Waals surface area (Å²) in [5.74, 6) is 1.66. The molecule has 2 aliphatic heterocycles. The number of hydrogen-bond acceptors (Lipinski definition) is 3. The van der Waals surface area contributed by atoms with Crippen LogP contribution in [-0.4, -0.2) is 50.2 Å². The first-order valence-electron chi connectivity index (χ1n) is 6.48. The lowest BCUT2D eigenvalue weighted by Gasteiger charge is -2.20. The molecule has 1 N–H and O–H groups in total. The van der Waals surface area contributed by atoms with Crippen LogP contribution in [0, 0.1) is 11.8 Å². The molecular formula is C13H23ClN2O2. The van der Waals surface area contributed by atoms with Gasteiger partial charge in [0.25, 0.3) is 0 Å². The first kappa shape index (κ1) is 15.5. The molecule has 0 saturated carbocycles. The number of ether oxygens (including phenoxy) is 1. The summed E-state index contributed by atoms with van der Waals surface area (Å²) in [4.78, 5) is 13.9. The van der Waals surface area contributed by atoms with E-state index in [1.54, 1.807) is 6.08 Å². The van der Waals surface area contributed by atoms with Gasteiger partial charge in [0.2, 0.25) is 5.91 Å². The van der Waals surface area contributed by atoms with E-state index in [1.165, 1.54) is 0 Å². The van der Waals surface area contributed by atoms with Crippen molar-refractivity contribution in [2.24, 2.45) is 11.8 Å². The molecule has 2 heterocycles. The van der Waals surface area contributed by atoms with Crippen LogP contribution in [0.4, 0.5) is 0 Å². The third kappa shape index (κ3) is 3.97. The lowest BCUT2D eigenvalue weighted by molar-refractivity contribution is -0.135. The van der Waals surface area contributed by atoms with Crippen LogP contribution < -0.4 is 5.32 Å². The quantitative estimate of drug-likeness (QED) is 0.616. The highest BCUT2D eigenvalue weighted by Gasteiger charge is 2.31. The van der Waals surface area contributed by atoms with Crippen molar-refractivity contribution in [3.05, 3.63) is 12.7 Å². The molecule has 1 amide bonds. The monoisotopic (exact) mass is 274 g/mol. The number of hydrogen-bond donors (Lipinski definition) is 1. The predicted octanol–water partition coefficient (Wildman–Crippen LogP) is 1.07. The Morgan fingerprint density at radius 2 is 1.94 bits per heavy atom. The maximum absolute atomic E-state index is 11.9. The summed E-state index contributed by atoms with van der Waals surface area (Å²) >= 11 is 0. The second-order valence-electron chi connectivity index (χ2n) is 4.94.